The van der Waals surface area contributed by atoms with Crippen LogP contribution in [0.4, 0.5) is 0 Å². The second kappa shape index (κ2) is 3.97. The molecular formula is C14H21NO3. The molecule has 3 unspecified atom stereocenters. The standard InChI is InChI=1S/C14H21NO3/c1-14(13(17)18)7-4-8-15(14)12(16)11-9-5-2-3-6-10(9)11/h9-11H,2-8H2,1H3,(H,17,18). The molecule has 4 nitrogen and oxygen atoms in total. The Bertz CT molecular complexity index is 383. The topological polar surface area (TPSA) is 57.6 Å². The highest BCUT2D eigenvalue weighted by Gasteiger charge is 2.59. The molecule has 2 saturated carbocycles. The Morgan fingerprint density at radius 2 is 1.78 bits per heavy atom. The summed E-state index contributed by atoms with van der Waals surface area (Å²) >= 11 is 0. The molecule has 1 heterocycles. The van der Waals surface area contributed by atoms with Crippen LogP contribution in [0.5, 0.6) is 0 Å². The smallest absolute Gasteiger partial charge is 0.329 e. The third-order valence-corrected chi connectivity index (χ3v) is 5.31. The van der Waals surface area contributed by atoms with E-state index in [2.05, 4.69) is 0 Å². The van der Waals surface area contributed by atoms with E-state index in [0.717, 1.165) is 6.42 Å². The van der Waals surface area contributed by atoms with Crippen LogP contribution in [0.15, 0.2) is 0 Å². The first-order valence-electron chi connectivity index (χ1n) is 7.10. The Morgan fingerprint density at radius 1 is 1.17 bits per heavy atom. The zero-order valence-electron chi connectivity index (χ0n) is 10.9. The zero-order valence-corrected chi connectivity index (χ0v) is 10.9. The predicted octanol–water partition coefficient (Wildman–Crippen LogP) is 1.89. The molecule has 1 amide bonds. The fraction of sp³-hybridized carbons (Fsp3) is 0.857. The highest BCUT2D eigenvalue weighted by atomic mass is 16.4. The lowest BCUT2D eigenvalue weighted by atomic mass is 9.98. The number of aliphatic carboxylic acids is 1. The van der Waals surface area contributed by atoms with Gasteiger partial charge >= 0.3 is 5.97 Å². The number of carbonyl (C=O) groups excluding carboxylic acids is 1. The molecule has 0 radical (unpaired) electrons. The molecule has 0 bridgehead atoms. The Hall–Kier alpha value is -1.06. The molecule has 1 saturated heterocycles. The number of rotatable bonds is 2. The van der Waals surface area contributed by atoms with Crippen molar-refractivity contribution >= 4 is 11.9 Å². The minimum absolute atomic E-state index is 0.120. The molecular weight excluding hydrogens is 230 g/mol. The predicted molar refractivity (Wildman–Crippen MR) is 65.9 cm³/mol. The van der Waals surface area contributed by atoms with Crippen molar-refractivity contribution in [3.8, 4) is 0 Å². The number of hydrogen-bond donors (Lipinski definition) is 1. The van der Waals surface area contributed by atoms with Gasteiger partial charge in [0.2, 0.25) is 5.91 Å². The second-order valence-corrected chi connectivity index (χ2v) is 6.31. The van der Waals surface area contributed by atoms with Crippen LogP contribution in [0, 0.1) is 17.8 Å². The van der Waals surface area contributed by atoms with Crippen LogP contribution in [-0.2, 0) is 9.59 Å². The third-order valence-electron chi connectivity index (χ3n) is 5.31. The molecule has 1 aliphatic heterocycles. The van der Waals surface area contributed by atoms with Gasteiger partial charge in [-0.25, -0.2) is 4.79 Å². The van der Waals surface area contributed by atoms with Crippen LogP contribution in [0.1, 0.15) is 45.4 Å². The molecule has 18 heavy (non-hydrogen) atoms. The van der Waals surface area contributed by atoms with Crippen molar-refractivity contribution in [2.75, 3.05) is 6.54 Å². The van der Waals surface area contributed by atoms with Crippen LogP contribution in [0.2, 0.25) is 0 Å². The molecule has 3 rings (SSSR count). The maximum atomic E-state index is 12.6. The molecule has 3 fully saturated rings. The number of hydrogen-bond acceptors (Lipinski definition) is 2. The summed E-state index contributed by atoms with van der Waals surface area (Å²) < 4.78 is 0. The Kier molecular flexibility index (Phi) is 2.65. The highest BCUT2D eigenvalue weighted by molar-refractivity contribution is 5.90. The first kappa shape index (κ1) is 12.0. The average Bonchev–Trinajstić information content (AvgIpc) is 2.94. The Labute approximate surface area is 107 Å². The summed E-state index contributed by atoms with van der Waals surface area (Å²) in [5, 5.41) is 9.36. The summed E-state index contributed by atoms with van der Waals surface area (Å²) in [5.74, 6) is 0.533. The molecule has 3 aliphatic rings. The quantitative estimate of drug-likeness (QED) is 0.815. The van der Waals surface area contributed by atoms with E-state index in [1.807, 2.05) is 0 Å². The van der Waals surface area contributed by atoms with Crippen LogP contribution >= 0.6 is 0 Å². The largest absolute Gasteiger partial charge is 0.480 e. The van der Waals surface area contributed by atoms with Gasteiger partial charge in [-0.2, -0.15) is 0 Å². The van der Waals surface area contributed by atoms with Gasteiger partial charge in [0.1, 0.15) is 5.54 Å². The van der Waals surface area contributed by atoms with Crippen molar-refractivity contribution in [2.24, 2.45) is 17.8 Å². The van der Waals surface area contributed by atoms with Crippen molar-refractivity contribution in [1.82, 2.24) is 4.90 Å². The summed E-state index contributed by atoms with van der Waals surface area (Å²) in [7, 11) is 0. The first-order valence-corrected chi connectivity index (χ1v) is 7.10. The lowest BCUT2D eigenvalue weighted by Crippen LogP contribution is -2.51. The molecule has 4 heteroatoms. The van der Waals surface area contributed by atoms with Crippen molar-refractivity contribution < 1.29 is 14.7 Å². The minimum Gasteiger partial charge on any atom is -0.480 e. The molecule has 0 aromatic rings. The van der Waals surface area contributed by atoms with Gasteiger partial charge in [0, 0.05) is 12.5 Å². The number of fused-ring (bicyclic) bond motifs is 1. The Balaban J connectivity index is 1.75. The van der Waals surface area contributed by atoms with Crippen LogP contribution in [0.25, 0.3) is 0 Å². The molecule has 0 aromatic heterocycles. The lowest BCUT2D eigenvalue weighted by Gasteiger charge is -2.31. The average molecular weight is 251 g/mol. The molecule has 0 spiro atoms. The van der Waals surface area contributed by atoms with Gasteiger partial charge in [-0.05, 0) is 44.4 Å². The summed E-state index contributed by atoms with van der Waals surface area (Å²) in [6, 6.07) is 0. The van der Waals surface area contributed by atoms with E-state index in [0.29, 0.717) is 24.8 Å². The molecule has 3 atom stereocenters. The monoisotopic (exact) mass is 251 g/mol. The van der Waals surface area contributed by atoms with Gasteiger partial charge in [0.15, 0.2) is 0 Å². The fourth-order valence-electron chi connectivity index (χ4n) is 4.08. The van der Waals surface area contributed by atoms with Crippen LogP contribution in [0.3, 0.4) is 0 Å². The summed E-state index contributed by atoms with van der Waals surface area (Å²) in [4.78, 5) is 25.6. The van der Waals surface area contributed by atoms with Crippen molar-refractivity contribution in [1.29, 1.82) is 0 Å². The number of likely N-dealkylation sites (tertiary alicyclic amines) is 1. The van der Waals surface area contributed by atoms with E-state index in [4.69, 9.17) is 0 Å². The van der Waals surface area contributed by atoms with Gasteiger partial charge in [-0.3, -0.25) is 4.79 Å². The van der Waals surface area contributed by atoms with E-state index in [1.165, 1.54) is 25.7 Å². The summed E-state index contributed by atoms with van der Waals surface area (Å²) in [6.07, 6.45) is 6.21. The van der Waals surface area contributed by atoms with E-state index in [9.17, 15) is 14.7 Å². The van der Waals surface area contributed by atoms with Gasteiger partial charge in [-0.15, -0.1) is 0 Å². The van der Waals surface area contributed by atoms with E-state index in [1.54, 1.807) is 11.8 Å². The third kappa shape index (κ3) is 1.57. The van der Waals surface area contributed by atoms with E-state index < -0.39 is 11.5 Å². The van der Waals surface area contributed by atoms with Crippen LogP contribution < -0.4 is 0 Å². The molecule has 0 aromatic carbocycles. The van der Waals surface area contributed by atoms with Crippen molar-refractivity contribution in [3.05, 3.63) is 0 Å². The first-order chi connectivity index (χ1) is 8.55. The molecule has 2 aliphatic carbocycles. The van der Waals surface area contributed by atoms with Crippen molar-refractivity contribution in [2.45, 2.75) is 51.0 Å². The van der Waals surface area contributed by atoms with Crippen molar-refractivity contribution in [3.63, 3.8) is 0 Å². The van der Waals surface area contributed by atoms with Crippen LogP contribution in [-0.4, -0.2) is 34.0 Å². The lowest BCUT2D eigenvalue weighted by molar-refractivity contribution is -0.156. The Morgan fingerprint density at radius 3 is 2.33 bits per heavy atom. The van der Waals surface area contributed by atoms with E-state index >= 15 is 0 Å². The fourth-order valence-corrected chi connectivity index (χ4v) is 4.08. The number of carboxylic acid groups (broad SMARTS) is 1. The number of nitrogens with zero attached hydrogens (tertiary/aromatic N) is 1. The number of carboxylic acids is 1. The summed E-state index contributed by atoms with van der Waals surface area (Å²) in [5.41, 5.74) is -0.956. The normalized spacial score (nSPS) is 42.5. The van der Waals surface area contributed by atoms with Gasteiger partial charge in [0.05, 0.1) is 0 Å². The SMILES string of the molecule is CC1(C(=O)O)CCCN1C(=O)C1C2CCCCC21. The van der Waals surface area contributed by atoms with E-state index in [-0.39, 0.29) is 11.8 Å². The number of carbonyl (C=O) groups is 2. The number of amides is 1. The van der Waals surface area contributed by atoms with Gasteiger partial charge < -0.3 is 10.0 Å². The maximum Gasteiger partial charge on any atom is 0.329 e. The second-order valence-electron chi connectivity index (χ2n) is 6.31. The summed E-state index contributed by atoms with van der Waals surface area (Å²) in [6.45, 7) is 2.32. The maximum absolute atomic E-state index is 12.6. The zero-order chi connectivity index (χ0) is 12.9. The highest BCUT2D eigenvalue weighted by Crippen LogP contribution is 2.56. The van der Waals surface area contributed by atoms with Gasteiger partial charge in [-0.1, -0.05) is 12.8 Å². The minimum atomic E-state index is -0.956. The molecule has 1 N–H and O–H groups in total. The molecule has 100 valence electrons. The van der Waals surface area contributed by atoms with Gasteiger partial charge in [0.25, 0.3) is 0 Å².